The summed E-state index contributed by atoms with van der Waals surface area (Å²) in [5.41, 5.74) is 2.94. The Balaban J connectivity index is 1.51. The second-order valence-electron chi connectivity index (χ2n) is 6.80. The number of piperazine rings is 1. The second-order valence-corrected chi connectivity index (χ2v) is 6.80. The number of oxazole rings is 1. The van der Waals surface area contributed by atoms with Crippen molar-refractivity contribution in [2.24, 2.45) is 0 Å². The van der Waals surface area contributed by atoms with Gasteiger partial charge in [-0.2, -0.15) is 0 Å². The Kier molecular flexibility index (Phi) is 5.03. The van der Waals surface area contributed by atoms with Gasteiger partial charge in [0.2, 0.25) is 0 Å². The van der Waals surface area contributed by atoms with E-state index in [9.17, 15) is 4.79 Å². The number of aromatic nitrogens is 1. The number of nitrogens with zero attached hydrogens (tertiary/aromatic N) is 3. The highest BCUT2D eigenvalue weighted by molar-refractivity contribution is 5.92. The molecule has 27 heavy (non-hydrogen) atoms. The Bertz CT molecular complexity index is 845. The lowest BCUT2D eigenvalue weighted by molar-refractivity contribution is 0.0591. The summed E-state index contributed by atoms with van der Waals surface area (Å²) in [6, 6.07) is 21.3. The maximum Gasteiger partial charge on any atom is 0.275 e. The normalized spacial score (nSPS) is 15.3. The molecule has 0 aliphatic carbocycles. The van der Waals surface area contributed by atoms with Gasteiger partial charge in [-0.15, -0.1) is 0 Å². The van der Waals surface area contributed by atoms with Crippen LogP contribution >= 0.6 is 0 Å². The van der Waals surface area contributed by atoms with Gasteiger partial charge in [0.1, 0.15) is 6.26 Å². The molecular formula is C22H23N3O2. The molecule has 1 aliphatic rings. The summed E-state index contributed by atoms with van der Waals surface area (Å²) in [7, 11) is 0. The van der Waals surface area contributed by atoms with Gasteiger partial charge in [0.05, 0.1) is 6.04 Å². The molecule has 5 nitrogen and oxygen atoms in total. The second kappa shape index (κ2) is 7.76. The summed E-state index contributed by atoms with van der Waals surface area (Å²) in [6.45, 7) is 4.74. The monoisotopic (exact) mass is 361 g/mol. The SMILES string of the molecule is Cc1nc(C(=O)N2CCN(C(c3ccccc3)c3ccccc3)CC2)co1. The lowest BCUT2D eigenvalue weighted by atomic mass is 9.96. The third kappa shape index (κ3) is 3.78. The lowest BCUT2D eigenvalue weighted by Crippen LogP contribution is -2.50. The van der Waals surface area contributed by atoms with Crippen molar-refractivity contribution >= 4 is 5.91 Å². The van der Waals surface area contributed by atoms with E-state index >= 15 is 0 Å². The van der Waals surface area contributed by atoms with Crippen LogP contribution in [0.25, 0.3) is 0 Å². The summed E-state index contributed by atoms with van der Waals surface area (Å²) in [5, 5.41) is 0. The first-order valence-electron chi connectivity index (χ1n) is 9.28. The van der Waals surface area contributed by atoms with Gasteiger partial charge in [0, 0.05) is 33.1 Å². The molecule has 1 aliphatic heterocycles. The van der Waals surface area contributed by atoms with Gasteiger partial charge in [0.15, 0.2) is 11.6 Å². The molecule has 1 aromatic heterocycles. The minimum atomic E-state index is -0.0533. The number of aryl methyl sites for hydroxylation is 1. The molecule has 138 valence electrons. The first-order valence-corrected chi connectivity index (χ1v) is 9.28. The van der Waals surface area contributed by atoms with Crippen LogP contribution in [0.5, 0.6) is 0 Å². The zero-order chi connectivity index (χ0) is 18.6. The minimum Gasteiger partial charge on any atom is -0.448 e. The summed E-state index contributed by atoms with van der Waals surface area (Å²) in [4.78, 5) is 21.1. The van der Waals surface area contributed by atoms with E-state index in [1.54, 1.807) is 6.92 Å². The lowest BCUT2D eigenvalue weighted by Gasteiger charge is -2.39. The van der Waals surface area contributed by atoms with E-state index in [0.29, 0.717) is 24.7 Å². The van der Waals surface area contributed by atoms with Crippen molar-refractivity contribution in [3.8, 4) is 0 Å². The number of amides is 1. The van der Waals surface area contributed by atoms with Gasteiger partial charge < -0.3 is 9.32 Å². The average Bonchev–Trinajstić information content (AvgIpc) is 3.16. The number of rotatable bonds is 4. The molecule has 5 heteroatoms. The topological polar surface area (TPSA) is 49.6 Å². The highest BCUT2D eigenvalue weighted by Crippen LogP contribution is 2.29. The quantitative estimate of drug-likeness (QED) is 0.713. The van der Waals surface area contributed by atoms with Crippen LogP contribution in [0, 0.1) is 6.92 Å². The van der Waals surface area contributed by atoms with Crippen LogP contribution in [0.3, 0.4) is 0 Å². The maximum atomic E-state index is 12.6. The fraction of sp³-hybridized carbons (Fsp3) is 0.273. The standard InChI is InChI=1S/C22H23N3O2/c1-17-23-20(16-27-17)22(26)25-14-12-24(13-15-25)21(18-8-4-2-5-9-18)19-10-6-3-7-11-19/h2-11,16,21H,12-15H2,1H3. The third-order valence-electron chi connectivity index (χ3n) is 5.04. The number of hydrogen-bond acceptors (Lipinski definition) is 4. The van der Waals surface area contributed by atoms with Crippen molar-refractivity contribution in [1.82, 2.24) is 14.8 Å². The summed E-state index contributed by atoms with van der Waals surface area (Å²) >= 11 is 0. The van der Waals surface area contributed by atoms with E-state index in [1.165, 1.54) is 17.4 Å². The van der Waals surface area contributed by atoms with Crippen LogP contribution in [0.4, 0.5) is 0 Å². The maximum absolute atomic E-state index is 12.6. The molecule has 0 bridgehead atoms. The van der Waals surface area contributed by atoms with Crippen molar-refractivity contribution in [1.29, 1.82) is 0 Å². The van der Waals surface area contributed by atoms with Crippen LogP contribution in [-0.2, 0) is 0 Å². The Morgan fingerprint density at radius 1 is 0.926 bits per heavy atom. The van der Waals surface area contributed by atoms with Crippen molar-refractivity contribution in [2.45, 2.75) is 13.0 Å². The van der Waals surface area contributed by atoms with Crippen LogP contribution < -0.4 is 0 Å². The van der Waals surface area contributed by atoms with Crippen LogP contribution in [0.2, 0.25) is 0 Å². The first kappa shape index (κ1) is 17.5. The molecule has 1 amide bonds. The fourth-order valence-corrected chi connectivity index (χ4v) is 3.69. The molecule has 0 N–H and O–H groups in total. The number of hydrogen-bond donors (Lipinski definition) is 0. The van der Waals surface area contributed by atoms with E-state index in [2.05, 4.69) is 58.4 Å². The molecule has 3 aromatic rings. The van der Waals surface area contributed by atoms with Crippen molar-refractivity contribution in [2.75, 3.05) is 26.2 Å². The third-order valence-corrected chi connectivity index (χ3v) is 5.04. The Morgan fingerprint density at radius 3 is 1.96 bits per heavy atom. The number of carbonyl (C=O) groups excluding carboxylic acids is 1. The number of carbonyl (C=O) groups is 1. The molecule has 2 aromatic carbocycles. The van der Waals surface area contributed by atoms with E-state index in [1.807, 2.05) is 17.0 Å². The summed E-state index contributed by atoms with van der Waals surface area (Å²) < 4.78 is 5.18. The van der Waals surface area contributed by atoms with E-state index < -0.39 is 0 Å². The summed E-state index contributed by atoms with van der Waals surface area (Å²) in [6.07, 6.45) is 1.45. The van der Waals surface area contributed by atoms with Gasteiger partial charge in [0.25, 0.3) is 5.91 Å². The highest BCUT2D eigenvalue weighted by Gasteiger charge is 2.29. The van der Waals surface area contributed by atoms with Crippen LogP contribution in [0.15, 0.2) is 71.3 Å². The molecule has 0 radical (unpaired) electrons. The Labute approximate surface area is 159 Å². The highest BCUT2D eigenvalue weighted by atomic mass is 16.3. The molecule has 4 rings (SSSR count). The smallest absolute Gasteiger partial charge is 0.275 e. The van der Waals surface area contributed by atoms with Gasteiger partial charge in [-0.25, -0.2) is 4.98 Å². The average molecular weight is 361 g/mol. The molecular weight excluding hydrogens is 338 g/mol. The van der Waals surface area contributed by atoms with Crippen molar-refractivity contribution in [3.63, 3.8) is 0 Å². The van der Waals surface area contributed by atoms with Crippen molar-refractivity contribution in [3.05, 3.63) is 89.6 Å². The van der Waals surface area contributed by atoms with Gasteiger partial charge in [-0.05, 0) is 11.1 Å². The predicted octanol–water partition coefficient (Wildman–Crippen LogP) is 3.53. The summed E-state index contributed by atoms with van der Waals surface area (Å²) in [5.74, 6) is 0.465. The first-order chi connectivity index (χ1) is 13.2. The molecule has 0 spiro atoms. The Hall–Kier alpha value is -2.92. The van der Waals surface area contributed by atoms with Crippen LogP contribution in [-0.4, -0.2) is 46.9 Å². The van der Waals surface area contributed by atoms with Gasteiger partial charge in [-0.3, -0.25) is 9.69 Å². The van der Waals surface area contributed by atoms with Gasteiger partial charge in [-0.1, -0.05) is 60.7 Å². The molecule has 1 saturated heterocycles. The Morgan fingerprint density at radius 2 is 1.48 bits per heavy atom. The van der Waals surface area contributed by atoms with Gasteiger partial charge >= 0.3 is 0 Å². The van der Waals surface area contributed by atoms with E-state index in [4.69, 9.17) is 4.42 Å². The molecule has 2 heterocycles. The molecule has 0 saturated carbocycles. The van der Waals surface area contributed by atoms with Crippen molar-refractivity contribution < 1.29 is 9.21 Å². The minimum absolute atomic E-state index is 0.0533. The zero-order valence-electron chi connectivity index (χ0n) is 15.4. The fourth-order valence-electron chi connectivity index (χ4n) is 3.69. The predicted molar refractivity (Wildman–Crippen MR) is 103 cm³/mol. The molecule has 0 atom stereocenters. The molecule has 0 unspecified atom stereocenters. The number of benzene rings is 2. The van der Waals surface area contributed by atoms with Crippen LogP contribution in [0.1, 0.15) is 33.5 Å². The molecule has 1 fully saturated rings. The van der Waals surface area contributed by atoms with E-state index in [0.717, 1.165) is 13.1 Å². The zero-order valence-corrected chi connectivity index (χ0v) is 15.4. The largest absolute Gasteiger partial charge is 0.448 e. The van der Waals surface area contributed by atoms with E-state index in [-0.39, 0.29) is 11.9 Å².